The molecule has 1 heterocycles. The molecule has 0 aliphatic rings. The summed E-state index contributed by atoms with van der Waals surface area (Å²) in [5.74, 6) is 2.81. The number of rotatable bonds is 4. The SMILES string of the molecule is CC(Oc1cc(C#CC(C)C(C)(O)C(F)(F)F)cnc1N)c1c(Cl)ccc(F)c1Cl. The molecule has 0 saturated heterocycles. The molecule has 0 spiro atoms. The van der Waals surface area contributed by atoms with Gasteiger partial charge in [0.1, 0.15) is 11.9 Å². The maximum absolute atomic E-state index is 13.8. The fourth-order valence-electron chi connectivity index (χ4n) is 2.36. The quantitative estimate of drug-likeness (QED) is 0.353. The summed E-state index contributed by atoms with van der Waals surface area (Å²) >= 11 is 12.1. The molecule has 0 aliphatic carbocycles. The van der Waals surface area contributed by atoms with Crippen molar-refractivity contribution in [2.45, 2.75) is 38.7 Å². The third-order valence-corrected chi connectivity index (χ3v) is 5.24. The number of halogens is 6. The normalized spacial score (nSPS) is 15.5. The molecule has 2 aromatic rings. The van der Waals surface area contributed by atoms with Crippen LogP contribution < -0.4 is 10.5 Å². The summed E-state index contributed by atoms with van der Waals surface area (Å²) in [6.45, 7) is 3.36. The average Bonchev–Trinajstić information content (AvgIpc) is 2.64. The standard InChI is InChI=1S/C20H18Cl2F4N2O2/c1-10(19(3,29)20(24,25)26)4-5-12-8-15(18(27)28-9-12)30-11(2)16-13(21)6-7-14(23)17(16)22/h6-11,29H,1-3H3,(H2,27,28). The Bertz CT molecular complexity index is 1000. The Morgan fingerprint density at radius 3 is 2.47 bits per heavy atom. The van der Waals surface area contributed by atoms with Crippen molar-refractivity contribution in [3.05, 3.63) is 51.4 Å². The summed E-state index contributed by atoms with van der Waals surface area (Å²) in [7, 11) is 0. The molecule has 10 heteroatoms. The Labute approximate surface area is 181 Å². The van der Waals surface area contributed by atoms with Crippen molar-refractivity contribution in [2.75, 3.05) is 5.73 Å². The molecule has 0 bridgehead atoms. The minimum Gasteiger partial charge on any atom is -0.482 e. The van der Waals surface area contributed by atoms with E-state index in [9.17, 15) is 22.7 Å². The van der Waals surface area contributed by atoms with E-state index in [1.165, 1.54) is 18.3 Å². The van der Waals surface area contributed by atoms with Crippen molar-refractivity contribution < 1.29 is 27.4 Å². The van der Waals surface area contributed by atoms with Crippen LogP contribution in [-0.2, 0) is 0 Å². The van der Waals surface area contributed by atoms with Crippen LogP contribution in [0.4, 0.5) is 23.4 Å². The number of nitrogen functional groups attached to an aromatic ring is 1. The predicted molar refractivity (Wildman–Crippen MR) is 107 cm³/mol. The maximum Gasteiger partial charge on any atom is 0.418 e. The van der Waals surface area contributed by atoms with Crippen molar-refractivity contribution in [1.82, 2.24) is 4.98 Å². The minimum atomic E-state index is -4.84. The average molecular weight is 465 g/mol. The highest BCUT2D eigenvalue weighted by molar-refractivity contribution is 6.36. The van der Waals surface area contributed by atoms with Gasteiger partial charge in [0, 0.05) is 28.4 Å². The van der Waals surface area contributed by atoms with Gasteiger partial charge in [-0.15, -0.1) is 0 Å². The van der Waals surface area contributed by atoms with Crippen LogP contribution >= 0.6 is 23.2 Å². The molecule has 3 atom stereocenters. The van der Waals surface area contributed by atoms with Crippen LogP contribution in [0.2, 0.25) is 10.0 Å². The first-order valence-corrected chi connectivity index (χ1v) is 9.37. The van der Waals surface area contributed by atoms with Gasteiger partial charge in [0.15, 0.2) is 17.2 Å². The van der Waals surface area contributed by atoms with E-state index in [1.54, 1.807) is 6.92 Å². The topological polar surface area (TPSA) is 68.4 Å². The van der Waals surface area contributed by atoms with Gasteiger partial charge in [-0.2, -0.15) is 13.2 Å². The second kappa shape index (κ2) is 8.88. The lowest BCUT2D eigenvalue weighted by molar-refractivity contribution is -0.263. The molecule has 2 rings (SSSR count). The zero-order valence-electron chi connectivity index (χ0n) is 16.1. The molecule has 30 heavy (non-hydrogen) atoms. The van der Waals surface area contributed by atoms with Crippen molar-refractivity contribution >= 4 is 29.0 Å². The third-order valence-electron chi connectivity index (χ3n) is 4.52. The van der Waals surface area contributed by atoms with Gasteiger partial charge in [0.25, 0.3) is 0 Å². The molecule has 0 radical (unpaired) electrons. The van der Waals surface area contributed by atoms with E-state index in [1.807, 2.05) is 0 Å². The molecule has 0 saturated carbocycles. The molecule has 3 N–H and O–H groups in total. The molecule has 0 amide bonds. The second-order valence-corrected chi connectivity index (χ2v) is 7.55. The third kappa shape index (κ3) is 5.09. The number of nitrogens with two attached hydrogens (primary N) is 1. The van der Waals surface area contributed by atoms with Crippen LogP contribution in [0, 0.1) is 23.6 Å². The molecule has 3 unspecified atom stereocenters. The number of hydrogen-bond acceptors (Lipinski definition) is 4. The van der Waals surface area contributed by atoms with Gasteiger partial charge in [0.05, 0.1) is 10.9 Å². The molecule has 1 aromatic carbocycles. The largest absolute Gasteiger partial charge is 0.482 e. The zero-order valence-corrected chi connectivity index (χ0v) is 17.6. The van der Waals surface area contributed by atoms with Crippen LogP contribution in [0.5, 0.6) is 5.75 Å². The van der Waals surface area contributed by atoms with E-state index < -0.39 is 29.6 Å². The van der Waals surface area contributed by atoms with E-state index in [0.29, 0.717) is 6.92 Å². The van der Waals surface area contributed by atoms with Gasteiger partial charge in [-0.1, -0.05) is 35.0 Å². The lowest BCUT2D eigenvalue weighted by Crippen LogP contribution is -2.47. The Balaban J connectivity index is 2.31. The summed E-state index contributed by atoms with van der Waals surface area (Å²) < 4.78 is 58.2. The van der Waals surface area contributed by atoms with Crippen molar-refractivity contribution in [2.24, 2.45) is 5.92 Å². The van der Waals surface area contributed by atoms with Gasteiger partial charge in [-0.3, -0.25) is 0 Å². The Morgan fingerprint density at radius 2 is 1.87 bits per heavy atom. The Kier molecular flexibility index (Phi) is 7.12. The number of aliphatic hydroxyl groups is 1. The lowest BCUT2D eigenvalue weighted by Gasteiger charge is -2.29. The van der Waals surface area contributed by atoms with Crippen LogP contribution in [0.3, 0.4) is 0 Å². The van der Waals surface area contributed by atoms with E-state index in [-0.39, 0.29) is 32.7 Å². The first-order valence-electron chi connectivity index (χ1n) is 8.62. The number of nitrogens with zero attached hydrogens (tertiary/aromatic N) is 1. The zero-order chi connectivity index (χ0) is 22.9. The number of anilines is 1. The lowest BCUT2D eigenvalue weighted by atomic mass is 9.90. The Hall–Kier alpha value is -2.21. The summed E-state index contributed by atoms with van der Waals surface area (Å²) in [5, 5.41) is 9.64. The number of pyridine rings is 1. The first kappa shape index (κ1) is 24.1. The van der Waals surface area contributed by atoms with Gasteiger partial charge < -0.3 is 15.6 Å². The van der Waals surface area contributed by atoms with Crippen molar-refractivity contribution in [3.63, 3.8) is 0 Å². The summed E-state index contributed by atoms with van der Waals surface area (Å²) in [6, 6.07) is 3.81. The van der Waals surface area contributed by atoms with Crippen LogP contribution in [0.15, 0.2) is 24.4 Å². The van der Waals surface area contributed by atoms with Gasteiger partial charge in [-0.05, 0) is 32.9 Å². The highest BCUT2D eigenvalue weighted by Crippen LogP contribution is 2.37. The number of benzene rings is 1. The van der Waals surface area contributed by atoms with Crippen molar-refractivity contribution in [1.29, 1.82) is 0 Å². The van der Waals surface area contributed by atoms with Crippen LogP contribution in [0.1, 0.15) is 38.0 Å². The summed E-state index contributed by atoms with van der Waals surface area (Å²) in [6.07, 6.45) is -4.41. The summed E-state index contributed by atoms with van der Waals surface area (Å²) in [5.41, 5.74) is 3.20. The highest BCUT2D eigenvalue weighted by Gasteiger charge is 2.53. The molecule has 0 fully saturated rings. The second-order valence-electron chi connectivity index (χ2n) is 6.76. The van der Waals surface area contributed by atoms with Crippen LogP contribution in [-0.4, -0.2) is 21.9 Å². The first-order chi connectivity index (χ1) is 13.8. The van der Waals surface area contributed by atoms with E-state index >= 15 is 0 Å². The predicted octanol–water partition coefficient (Wildman–Crippen LogP) is 5.55. The maximum atomic E-state index is 13.8. The fourth-order valence-corrected chi connectivity index (χ4v) is 3.04. The molecule has 4 nitrogen and oxygen atoms in total. The summed E-state index contributed by atoms with van der Waals surface area (Å²) in [4.78, 5) is 3.90. The smallest absolute Gasteiger partial charge is 0.418 e. The number of ether oxygens (including phenoxy) is 1. The van der Waals surface area contributed by atoms with E-state index in [2.05, 4.69) is 16.8 Å². The monoisotopic (exact) mass is 464 g/mol. The van der Waals surface area contributed by atoms with E-state index in [4.69, 9.17) is 33.7 Å². The number of aromatic nitrogens is 1. The Morgan fingerprint density at radius 1 is 1.23 bits per heavy atom. The fraction of sp³-hybridized carbons (Fsp3) is 0.350. The molecule has 1 aromatic heterocycles. The van der Waals surface area contributed by atoms with E-state index in [0.717, 1.165) is 13.0 Å². The van der Waals surface area contributed by atoms with Crippen molar-refractivity contribution in [3.8, 4) is 17.6 Å². The number of hydrogen-bond donors (Lipinski definition) is 2. The minimum absolute atomic E-state index is 0.0219. The molecule has 162 valence electrons. The molecular formula is C20H18Cl2F4N2O2. The van der Waals surface area contributed by atoms with Gasteiger partial charge >= 0.3 is 6.18 Å². The molecular weight excluding hydrogens is 447 g/mol. The van der Waals surface area contributed by atoms with Gasteiger partial charge in [-0.25, -0.2) is 9.37 Å². The molecule has 0 aliphatic heterocycles. The highest BCUT2D eigenvalue weighted by atomic mass is 35.5. The number of alkyl halides is 3. The van der Waals surface area contributed by atoms with Crippen LogP contribution in [0.25, 0.3) is 0 Å². The van der Waals surface area contributed by atoms with Gasteiger partial charge in [0.2, 0.25) is 0 Å².